The van der Waals surface area contributed by atoms with Crippen LogP contribution in [0.2, 0.25) is 0 Å². The molecular formula is C12H13NS2. The zero-order valence-electron chi connectivity index (χ0n) is 8.39. The SMILES string of the molecule is Sc1csc(CCCc2ccccc2)n1. The van der Waals surface area contributed by atoms with E-state index in [1.54, 1.807) is 11.3 Å². The van der Waals surface area contributed by atoms with Gasteiger partial charge in [-0.1, -0.05) is 30.3 Å². The average molecular weight is 235 g/mol. The second-order valence-electron chi connectivity index (χ2n) is 3.44. The largest absolute Gasteiger partial charge is 0.235 e. The molecule has 0 bridgehead atoms. The smallest absolute Gasteiger partial charge is 0.104 e. The van der Waals surface area contributed by atoms with E-state index in [4.69, 9.17) is 0 Å². The zero-order valence-corrected chi connectivity index (χ0v) is 10.1. The number of benzene rings is 1. The van der Waals surface area contributed by atoms with Crippen LogP contribution in [-0.2, 0) is 12.8 Å². The van der Waals surface area contributed by atoms with Gasteiger partial charge in [0, 0.05) is 5.38 Å². The van der Waals surface area contributed by atoms with E-state index in [0.29, 0.717) is 0 Å². The second-order valence-corrected chi connectivity index (χ2v) is 4.84. The summed E-state index contributed by atoms with van der Waals surface area (Å²) in [7, 11) is 0. The van der Waals surface area contributed by atoms with Crippen molar-refractivity contribution < 1.29 is 0 Å². The Morgan fingerprint density at radius 1 is 1.13 bits per heavy atom. The lowest BCUT2D eigenvalue weighted by molar-refractivity contribution is 0.808. The Labute approximate surface area is 99.6 Å². The maximum atomic E-state index is 4.32. The first-order valence-corrected chi connectivity index (χ1v) is 6.34. The first kappa shape index (κ1) is 10.7. The number of nitrogens with zero attached hydrogens (tertiary/aromatic N) is 1. The van der Waals surface area contributed by atoms with Gasteiger partial charge in [0.05, 0.1) is 5.01 Å². The van der Waals surface area contributed by atoms with Crippen molar-refractivity contribution >= 4 is 24.0 Å². The molecule has 0 saturated heterocycles. The van der Waals surface area contributed by atoms with Crippen LogP contribution in [0.15, 0.2) is 40.7 Å². The summed E-state index contributed by atoms with van der Waals surface area (Å²) in [5.74, 6) is 0. The van der Waals surface area contributed by atoms with Crippen LogP contribution in [0.5, 0.6) is 0 Å². The quantitative estimate of drug-likeness (QED) is 0.799. The molecule has 0 unspecified atom stereocenters. The minimum atomic E-state index is 0.842. The molecule has 0 N–H and O–H groups in total. The molecule has 1 heterocycles. The van der Waals surface area contributed by atoms with Crippen LogP contribution in [0.1, 0.15) is 17.0 Å². The molecule has 0 saturated carbocycles. The van der Waals surface area contributed by atoms with Gasteiger partial charge in [-0.05, 0) is 24.8 Å². The average Bonchev–Trinajstić information content (AvgIpc) is 2.66. The number of hydrogen-bond acceptors (Lipinski definition) is 3. The van der Waals surface area contributed by atoms with E-state index in [2.05, 4.69) is 47.9 Å². The lowest BCUT2D eigenvalue weighted by Gasteiger charge is -1.98. The summed E-state index contributed by atoms with van der Waals surface area (Å²) in [4.78, 5) is 4.32. The summed E-state index contributed by atoms with van der Waals surface area (Å²) in [6.45, 7) is 0. The van der Waals surface area contributed by atoms with Crippen molar-refractivity contribution in [3.63, 3.8) is 0 Å². The van der Waals surface area contributed by atoms with Gasteiger partial charge in [0.15, 0.2) is 0 Å². The third-order valence-corrected chi connectivity index (χ3v) is 3.55. The molecule has 2 rings (SSSR count). The first-order chi connectivity index (χ1) is 7.34. The molecule has 1 aromatic heterocycles. The van der Waals surface area contributed by atoms with Crippen LogP contribution in [0, 0.1) is 0 Å². The minimum Gasteiger partial charge on any atom is -0.235 e. The standard InChI is InChI=1S/C12H13NS2/c14-11-9-15-12(13-11)8-4-7-10-5-2-1-3-6-10/h1-3,5-6,9,14H,4,7-8H2. The van der Waals surface area contributed by atoms with Crippen molar-refractivity contribution in [2.24, 2.45) is 0 Å². The molecule has 0 aliphatic heterocycles. The van der Waals surface area contributed by atoms with Crippen LogP contribution in [-0.4, -0.2) is 4.98 Å². The summed E-state index contributed by atoms with van der Waals surface area (Å²) < 4.78 is 0. The fourth-order valence-electron chi connectivity index (χ4n) is 1.50. The highest BCUT2D eigenvalue weighted by atomic mass is 32.1. The van der Waals surface area contributed by atoms with Crippen molar-refractivity contribution in [3.05, 3.63) is 46.3 Å². The number of rotatable bonds is 4. The van der Waals surface area contributed by atoms with E-state index >= 15 is 0 Å². The maximum Gasteiger partial charge on any atom is 0.104 e. The van der Waals surface area contributed by atoms with Crippen LogP contribution >= 0.6 is 24.0 Å². The number of thiazole rings is 1. The summed E-state index contributed by atoms with van der Waals surface area (Å²) in [6.07, 6.45) is 3.34. The fourth-order valence-corrected chi connectivity index (χ4v) is 2.56. The highest BCUT2D eigenvalue weighted by molar-refractivity contribution is 7.80. The van der Waals surface area contributed by atoms with E-state index < -0.39 is 0 Å². The first-order valence-electron chi connectivity index (χ1n) is 5.02. The van der Waals surface area contributed by atoms with E-state index in [0.717, 1.165) is 24.3 Å². The van der Waals surface area contributed by atoms with Crippen molar-refractivity contribution in [1.29, 1.82) is 0 Å². The Bertz CT molecular complexity index is 409. The van der Waals surface area contributed by atoms with Crippen LogP contribution in [0.3, 0.4) is 0 Å². The number of aryl methyl sites for hydroxylation is 2. The second kappa shape index (κ2) is 5.33. The Morgan fingerprint density at radius 3 is 2.60 bits per heavy atom. The molecule has 15 heavy (non-hydrogen) atoms. The minimum absolute atomic E-state index is 0.842. The van der Waals surface area contributed by atoms with Crippen molar-refractivity contribution in [2.75, 3.05) is 0 Å². The molecule has 78 valence electrons. The summed E-state index contributed by atoms with van der Waals surface area (Å²) in [5.41, 5.74) is 1.40. The predicted octanol–water partition coefficient (Wildman–Crippen LogP) is 3.61. The summed E-state index contributed by atoms with van der Waals surface area (Å²) in [6, 6.07) is 10.6. The van der Waals surface area contributed by atoms with E-state index in [-0.39, 0.29) is 0 Å². The summed E-state index contributed by atoms with van der Waals surface area (Å²) >= 11 is 5.89. The zero-order chi connectivity index (χ0) is 10.5. The Morgan fingerprint density at radius 2 is 1.93 bits per heavy atom. The van der Waals surface area contributed by atoms with E-state index in [1.165, 1.54) is 10.6 Å². The normalized spacial score (nSPS) is 10.5. The number of thiol groups is 1. The van der Waals surface area contributed by atoms with Gasteiger partial charge < -0.3 is 0 Å². The van der Waals surface area contributed by atoms with Crippen molar-refractivity contribution in [2.45, 2.75) is 24.3 Å². The highest BCUT2D eigenvalue weighted by Crippen LogP contribution is 2.15. The number of aromatic nitrogens is 1. The van der Waals surface area contributed by atoms with Gasteiger partial charge in [0.25, 0.3) is 0 Å². The predicted molar refractivity (Wildman–Crippen MR) is 67.8 cm³/mol. The molecule has 1 nitrogen and oxygen atoms in total. The Kier molecular flexibility index (Phi) is 3.80. The van der Waals surface area contributed by atoms with E-state index in [1.807, 2.05) is 5.38 Å². The fraction of sp³-hybridized carbons (Fsp3) is 0.250. The number of hydrogen-bond donors (Lipinski definition) is 1. The third-order valence-electron chi connectivity index (χ3n) is 2.24. The van der Waals surface area contributed by atoms with E-state index in [9.17, 15) is 0 Å². The third kappa shape index (κ3) is 3.36. The van der Waals surface area contributed by atoms with Crippen LogP contribution in [0.25, 0.3) is 0 Å². The van der Waals surface area contributed by atoms with Gasteiger partial charge in [0.2, 0.25) is 0 Å². The molecule has 0 aliphatic carbocycles. The molecule has 0 fully saturated rings. The van der Waals surface area contributed by atoms with Gasteiger partial charge in [-0.3, -0.25) is 0 Å². The topological polar surface area (TPSA) is 12.9 Å². The summed E-state index contributed by atoms with van der Waals surface area (Å²) in [5, 5.41) is 4.02. The van der Waals surface area contributed by atoms with Crippen LogP contribution < -0.4 is 0 Å². The van der Waals surface area contributed by atoms with Gasteiger partial charge >= 0.3 is 0 Å². The van der Waals surface area contributed by atoms with Crippen molar-refractivity contribution in [1.82, 2.24) is 4.98 Å². The molecule has 0 spiro atoms. The Hall–Kier alpha value is -0.800. The molecule has 0 radical (unpaired) electrons. The lowest BCUT2D eigenvalue weighted by Crippen LogP contribution is -1.88. The Balaban J connectivity index is 1.80. The highest BCUT2D eigenvalue weighted by Gasteiger charge is 1.99. The van der Waals surface area contributed by atoms with Gasteiger partial charge in [-0.15, -0.1) is 24.0 Å². The molecular weight excluding hydrogens is 222 g/mol. The van der Waals surface area contributed by atoms with Gasteiger partial charge in [-0.25, -0.2) is 4.98 Å². The molecule has 0 aliphatic rings. The van der Waals surface area contributed by atoms with Crippen LogP contribution in [0.4, 0.5) is 0 Å². The van der Waals surface area contributed by atoms with Crippen molar-refractivity contribution in [3.8, 4) is 0 Å². The van der Waals surface area contributed by atoms with Gasteiger partial charge in [0.1, 0.15) is 5.03 Å². The monoisotopic (exact) mass is 235 g/mol. The lowest BCUT2D eigenvalue weighted by atomic mass is 10.1. The molecule has 2 aromatic rings. The molecule has 1 aromatic carbocycles. The molecule has 0 amide bonds. The molecule has 3 heteroatoms. The van der Waals surface area contributed by atoms with Gasteiger partial charge in [-0.2, -0.15) is 0 Å². The maximum absolute atomic E-state index is 4.32. The molecule has 0 atom stereocenters.